The average Bonchev–Trinajstić information content (AvgIpc) is 2.59. The minimum absolute atomic E-state index is 0.0306. The molecule has 0 radical (unpaired) electrons. The van der Waals surface area contributed by atoms with E-state index in [2.05, 4.69) is 22.8 Å². The van der Waals surface area contributed by atoms with Gasteiger partial charge in [0.1, 0.15) is 6.23 Å². The molecule has 0 aromatic heterocycles. The third-order valence-electron chi connectivity index (χ3n) is 4.21. The van der Waals surface area contributed by atoms with Crippen molar-refractivity contribution in [3.05, 3.63) is 71.8 Å². The second kappa shape index (κ2) is 7.40. The first kappa shape index (κ1) is 15.7. The summed E-state index contributed by atoms with van der Waals surface area (Å²) in [7, 11) is 1.67. The van der Waals surface area contributed by atoms with E-state index in [0.717, 1.165) is 12.0 Å². The third-order valence-corrected chi connectivity index (χ3v) is 4.21. The van der Waals surface area contributed by atoms with Crippen LogP contribution < -0.4 is 10.6 Å². The van der Waals surface area contributed by atoms with Crippen molar-refractivity contribution in [1.29, 1.82) is 0 Å². The van der Waals surface area contributed by atoms with Gasteiger partial charge in [-0.1, -0.05) is 60.7 Å². The van der Waals surface area contributed by atoms with Gasteiger partial charge in [-0.05, 0) is 24.0 Å². The monoisotopic (exact) mass is 310 g/mol. The molecule has 4 heteroatoms. The van der Waals surface area contributed by atoms with Crippen LogP contribution in [0.3, 0.4) is 0 Å². The first-order valence-corrected chi connectivity index (χ1v) is 7.93. The quantitative estimate of drug-likeness (QED) is 0.887. The van der Waals surface area contributed by atoms with E-state index in [4.69, 9.17) is 4.74 Å². The summed E-state index contributed by atoms with van der Waals surface area (Å²) in [6.07, 6.45) is 1.21. The van der Waals surface area contributed by atoms with Crippen LogP contribution in [0.15, 0.2) is 60.7 Å². The number of rotatable bonds is 5. The zero-order valence-corrected chi connectivity index (χ0v) is 13.2. The normalized spacial score (nSPS) is 24.2. The lowest BCUT2D eigenvalue weighted by atomic mass is 9.98. The molecular weight excluding hydrogens is 288 g/mol. The van der Waals surface area contributed by atoms with Crippen molar-refractivity contribution in [2.75, 3.05) is 7.11 Å². The molecule has 1 saturated heterocycles. The molecule has 4 nitrogen and oxygen atoms in total. The van der Waals surface area contributed by atoms with Crippen LogP contribution in [-0.4, -0.2) is 31.3 Å². The summed E-state index contributed by atoms with van der Waals surface area (Å²) >= 11 is 0. The highest BCUT2D eigenvalue weighted by Crippen LogP contribution is 2.14. The Morgan fingerprint density at radius 3 is 2.04 bits per heavy atom. The zero-order chi connectivity index (χ0) is 16.1. The van der Waals surface area contributed by atoms with Crippen LogP contribution in [0.2, 0.25) is 0 Å². The van der Waals surface area contributed by atoms with Crippen LogP contribution in [0.4, 0.5) is 0 Å². The van der Waals surface area contributed by atoms with Crippen LogP contribution in [0.25, 0.3) is 0 Å². The summed E-state index contributed by atoms with van der Waals surface area (Å²) < 4.78 is 5.57. The van der Waals surface area contributed by atoms with E-state index in [-0.39, 0.29) is 24.2 Å². The van der Waals surface area contributed by atoms with Crippen molar-refractivity contribution >= 4 is 5.91 Å². The van der Waals surface area contributed by atoms with E-state index < -0.39 is 0 Å². The number of methoxy groups -OCH3 is 1. The number of carbonyl (C=O) groups excluding carboxylic acids is 1. The van der Waals surface area contributed by atoms with Gasteiger partial charge in [-0.25, -0.2) is 0 Å². The molecule has 0 aliphatic carbocycles. The predicted octanol–water partition coefficient (Wildman–Crippen LogP) is 1.90. The molecule has 0 spiro atoms. The second-order valence-corrected chi connectivity index (χ2v) is 5.87. The Labute approximate surface area is 136 Å². The SMILES string of the molecule is COC1NC(Cc2ccccc2)C(=O)NC1Cc1ccccc1. The predicted molar refractivity (Wildman–Crippen MR) is 89.9 cm³/mol. The molecule has 3 atom stereocenters. The zero-order valence-electron chi connectivity index (χ0n) is 13.2. The molecule has 1 amide bonds. The number of hydrogen-bond donors (Lipinski definition) is 2. The van der Waals surface area contributed by atoms with Crippen molar-refractivity contribution in [2.45, 2.75) is 31.2 Å². The van der Waals surface area contributed by atoms with Gasteiger partial charge in [0.25, 0.3) is 0 Å². The maximum atomic E-state index is 12.4. The lowest BCUT2D eigenvalue weighted by Crippen LogP contribution is -2.65. The summed E-state index contributed by atoms with van der Waals surface area (Å²) in [5.41, 5.74) is 2.32. The van der Waals surface area contributed by atoms with Gasteiger partial charge in [-0.3, -0.25) is 10.1 Å². The Kier molecular flexibility index (Phi) is 5.05. The van der Waals surface area contributed by atoms with E-state index >= 15 is 0 Å². The number of nitrogens with one attached hydrogen (secondary N) is 2. The number of amides is 1. The Bertz CT molecular complexity index is 630. The Hall–Kier alpha value is -2.17. The van der Waals surface area contributed by atoms with Crippen LogP contribution >= 0.6 is 0 Å². The molecule has 0 bridgehead atoms. The van der Waals surface area contributed by atoms with Crippen molar-refractivity contribution in [1.82, 2.24) is 10.6 Å². The van der Waals surface area contributed by atoms with Crippen molar-refractivity contribution in [3.8, 4) is 0 Å². The van der Waals surface area contributed by atoms with E-state index in [1.807, 2.05) is 48.5 Å². The molecule has 2 aromatic rings. The van der Waals surface area contributed by atoms with E-state index in [1.165, 1.54) is 5.56 Å². The molecule has 23 heavy (non-hydrogen) atoms. The lowest BCUT2D eigenvalue weighted by molar-refractivity contribution is -0.130. The van der Waals surface area contributed by atoms with Crippen LogP contribution in [-0.2, 0) is 22.4 Å². The standard InChI is InChI=1S/C19H22N2O2/c1-23-19-17(13-15-10-6-3-7-11-15)20-18(22)16(21-19)12-14-8-4-2-5-9-14/h2-11,16-17,19,21H,12-13H2,1H3,(H,20,22). The summed E-state index contributed by atoms with van der Waals surface area (Å²) in [6, 6.07) is 19.8. The van der Waals surface area contributed by atoms with Crippen molar-refractivity contribution in [3.63, 3.8) is 0 Å². The van der Waals surface area contributed by atoms with E-state index in [0.29, 0.717) is 6.42 Å². The highest BCUT2D eigenvalue weighted by Gasteiger charge is 2.34. The molecule has 1 heterocycles. The smallest absolute Gasteiger partial charge is 0.237 e. The first-order chi connectivity index (χ1) is 11.3. The molecule has 2 aromatic carbocycles. The second-order valence-electron chi connectivity index (χ2n) is 5.87. The lowest BCUT2D eigenvalue weighted by Gasteiger charge is -2.37. The Morgan fingerprint density at radius 1 is 0.913 bits per heavy atom. The summed E-state index contributed by atoms with van der Waals surface area (Å²) in [4.78, 5) is 12.4. The van der Waals surface area contributed by atoms with Gasteiger partial charge in [-0.2, -0.15) is 0 Å². The molecule has 1 aliphatic rings. The number of benzene rings is 2. The molecule has 3 unspecified atom stereocenters. The van der Waals surface area contributed by atoms with Crippen molar-refractivity contribution < 1.29 is 9.53 Å². The fraction of sp³-hybridized carbons (Fsp3) is 0.316. The molecule has 120 valence electrons. The first-order valence-electron chi connectivity index (χ1n) is 7.93. The van der Waals surface area contributed by atoms with E-state index in [9.17, 15) is 4.79 Å². The number of carbonyl (C=O) groups is 1. The fourth-order valence-corrected chi connectivity index (χ4v) is 3.01. The van der Waals surface area contributed by atoms with Gasteiger partial charge < -0.3 is 10.1 Å². The minimum atomic E-state index is -0.269. The van der Waals surface area contributed by atoms with Gasteiger partial charge in [0.2, 0.25) is 5.91 Å². The van der Waals surface area contributed by atoms with Crippen LogP contribution in [0, 0.1) is 0 Å². The largest absolute Gasteiger partial charge is 0.364 e. The third kappa shape index (κ3) is 3.97. The molecule has 3 rings (SSSR count). The van der Waals surface area contributed by atoms with Gasteiger partial charge in [0, 0.05) is 7.11 Å². The summed E-state index contributed by atoms with van der Waals surface area (Å²) in [5, 5.41) is 6.45. The number of ether oxygens (including phenoxy) is 1. The van der Waals surface area contributed by atoms with Gasteiger partial charge in [0.15, 0.2) is 0 Å². The average molecular weight is 310 g/mol. The topological polar surface area (TPSA) is 50.4 Å². The molecule has 2 N–H and O–H groups in total. The van der Waals surface area contributed by atoms with Gasteiger partial charge >= 0.3 is 0 Å². The number of hydrogen-bond acceptors (Lipinski definition) is 3. The highest BCUT2D eigenvalue weighted by atomic mass is 16.5. The van der Waals surface area contributed by atoms with E-state index in [1.54, 1.807) is 7.11 Å². The Balaban J connectivity index is 1.67. The maximum Gasteiger partial charge on any atom is 0.237 e. The van der Waals surface area contributed by atoms with Gasteiger partial charge in [-0.15, -0.1) is 0 Å². The highest BCUT2D eigenvalue weighted by molar-refractivity contribution is 5.83. The van der Waals surface area contributed by atoms with Crippen LogP contribution in [0.1, 0.15) is 11.1 Å². The molecule has 1 aliphatic heterocycles. The molecule has 1 fully saturated rings. The molecular formula is C19H22N2O2. The fourth-order valence-electron chi connectivity index (χ4n) is 3.01. The minimum Gasteiger partial charge on any atom is -0.364 e. The number of piperazine rings is 1. The maximum absolute atomic E-state index is 12.4. The Morgan fingerprint density at radius 2 is 1.48 bits per heavy atom. The van der Waals surface area contributed by atoms with Gasteiger partial charge in [0.05, 0.1) is 12.1 Å². The van der Waals surface area contributed by atoms with Crippen molar-refractivity contribution in [2.24, 2.45) is 0 Å². The molecule has 0 saturated carbocycles. The van der Waals surface area contributed by atoms with Crippen LogP contribution in [0.5, 0.6) is 0 Å². The summed E-state index contributed by atoms with van der Waals surface area (Å²) in [5.74, 6) is 0.0306. The summed E-state index contributed by atoms with van der Waals surface area (Å²) in [6.45, 7) is 0.